The van der Waals surface area contributed by atoms with Crippen LogP contribution in [0.4, 0.5) is 0 Å². The van der Waals surface area contributed by atoms with E-state index in [9.17, 15) is 0 Å². The van der Waals surface area contributed by atoms with Gasteiger partial charge in [0.1, 0.15) is 0 Å². The molecule has 0 aromatic heterocycles. The first-order chi connectivity index (χ1) is 11.6. The maximum atomic E-state index is 5.29. The highest BCUT2D eigenvalue weighted by Crippen LogP contribution is 2.17. The molecule has 0 radical (unpaired) electrons. The lowest BCUT2D eigenvalue weighted by Gasteiger charge is -2.34. The lowest BCUT2D eigenvalue weighted by molar-refractivity contribution is 0.157. The Morgan fingerprint density at radius 3 is 2.54 bits per heavy atom. The average molecular weight is 337 g/mol. The number of guanidine groups is 1. The molecule has 0 bridgehead atoms. The summed E-state index contributed by atoms with van der Waals surface area (Å²) >= 11 is 0. The highest BCUT2D eigenvalue weighted by molar-refractivity contribution is 5.80. The monoisotopic (exact) mass is 336 g/mol. The Morgan fingerprint density at radius 2 is 2.04 bits per heavy atom. The van der Waals surface area contributed by atoms with Gasteiger partial charge in [0.05, 0.1) is 6.61 Å². The van der Waals surface area contributed by atoms with E-state index in [0.717, 1.165) is 45.3 Å². The summed E-state index contributed by atoms with van der Waals surface area (Å²) in [6, 6.07) is 0.412. The third-order valence-corrected chi connectivity index (χ3v) is 4.63. The molecule has 24 heavy (non-hydrogen) atoms. The van der Waals surface area contributed by atoms with E-state index >= 15 is 0 Å². The second kappa shape index (κ2) is 11.3. The number of nitrogens with zero attached hydrogens (tertiary/aromatic N) is 3. The first-order valence-corrected chi connectivity index (χ1v) is 8.97. The van der Waals surface area contributed by atoms with Crippen molar-refractivity contribution < 1.29 is 4.74 Å². The number of aliphatic imine (C=N–C) groups is 1. The number of methoxy groups -OCH3 is 1. The van der Waals surface area contributed by atoms with Crippen LogP contribution in [0.2, 0.25) is 0 Å². The minimum Gasteiger partial charge on any atom is -0.384 e. The summed E-state index contributed by atoms with van der Waals surface area (Å²) in [5.41, 5.74) is 0. The van der Waals surface area contributed by atoms with Crippen molar-refractivity contribution in [2.45, 2.75) is 26.3 Å². The Balaban J connectivity index is 2.63. The van der Waals surface area contributed by atoms with E-state index in [1.807, 2.05) is 19.2 Å². The van der Waals surface area contributed by atoms with Gasteiger partial charge in [0.2, 0.25) is 0 Å². The van der Waals surface area contributed by atoms with Crippen LogP contribution >= 0.6 is 0 Å². The molecule has 1 aliphatic heterocycles. The summed E-state index contributed by atoms with van der Waals surface area (Å²) in [5.74, 6) is 2.14. The Hall–Kier alpha value is -1.33. The van der Waals surface area contributed by atoms with Crippen molar-refractivity contribution in [3.05, 3.63) is 25.3 Å². The minimum atomic E-state index is 0.412. The van der Waals surface area contributed by atoms with Crippen LogP contribution in [0.1, 0.15) is 20.3 Å². The number of hydrogen-bond donors (Lipinski definition) is 1. The summed E-state index contributed by atoms with van der Waals surface area (Å²) in [6.45, 7) is 17.8. The number of likely N-dealkylation sites (tertiary alicyclic amines) is 1. The van der Waals surface area contributed by atoms with Crippen molar-refractivity contribution in [3.63, 3.8) is 0 Å². The van der Waals surface area contributed by atoms with Gasteiger partial charge < -0.3 is 15.0 Å². The fourth-order valence-electron chi connectivity index (χ4n) is 3.39. The summed E-state index contributed by atoms with van der Waals surface area (Å²) in [6.07, 6.45) is 5.09. The molecule has 0 amide bonds. The molecule has 1 fully saturated rings. The molecule has 1 aliphatic rings. The standard InChI is InChI=1S/C19H36N4O/c1-7-10-22(11-8-2)18(16(3)4)13-21-19(20-5)23-12-9-17(14-23)15-24-6/h7-8,16-18H,1-2,9-15H2,3-6H3,(H,20,21). The smallest absolute Gasteiger partial charge is 0.193 e. The van der Waals surface area contributed by atoms with Gasteiger partial charge in [-0.15, -0.1) is 13.2 Å². The molecule has 1 saturated heterocycles. The van der Waals surface area contributed by atoms with E-state index in [0.29, 0.717) is 17.9 Å². The molecule has 1 heterocycles. The van der Waals surface area contributed by atoms with Crippen molar-refractivity contribution in [1.82, 2.24) is 15.1 Å². The number of rotatable bonds is 10. The van der Waals surface area contributed by atoms with Crippen LogP contribution in [0, 0.1) is 11.8 Å². The molecule has 1 rings (SSSR count). The molecule has 0 aliphatic carbocycles. The first kappa shape index (κ1) is 20.7. The van der Waals surface area contributed by atoms with Gasteiger partial charge in [0.15, 0.2) is 5.96 Å². The predicted molar refractivity (Wildman–Crippen MR) is 104 cm³/mol. The number of hydrogen-bond acceptors (Lipinski definition) is 3. The molecule has 2 atom stereocenters. The molecule has 0 spiro atoms. The molecule has 1 N–H and O–H groups in total. The Morgan fingerprint density at radius 1 is 1.38 bits per heavy atom. The van der Waals surface area contributed by atoms with Crippen molar-refractivity contribution in [1.29, 1.82) is 0 Å². The van der Waals surface area contributed by atoms with Gasteiger partial charge in [-0.05, 0) is 12.3 Å². The third-order valence-electron chi connectivity index (χ3n) is 4.63. The van der Waals surface area contributed by atoms with Crippen LogP contribution in [0.15, 0.2) is 30.3 Å². The van der Waals surface area contributed by atoms with E-state index in [4.69, 9.17) is 4.74 Å². The maximum absolute atomic E-state index is 5.29. The third kappa shape index (κ3) is 6.29. The molecule has 2 unspecified atom stereocenters. The summed E-state index contributed by atoms with van der Waals surface area (Å²) < 4.78 is 5.29. The first-order valence-electron chi connectivity index (χ1n) is 8.97. The second-order valence-corrected chi connectivity index (χ2v) is 6.83. The fraction of sp³-hybridized carbons (Fsp3) is 0.737. The van der Waals surface area contributed by atoms with Gasteiger partial charge in [-0.1, -0.05) is 26.0 Å². The highest BCUT2D eigenvalue weighted by atomic mass is 16.5. The van der Waals surface area contributed by atoms with E-state index in [-0.39, 0.29) is 0 Å². The lowest BCUT2D eigenvalue weighted by Crippen LogP contribution is -2.50. The van der Waals surface area contributed by atoms with Crippen LogP contribution in [-0.4, -0.2) is 75.3 Å². The van der Waals surface area contributed by atoms with Crippen molar-refractivity contribution >= 4 is 5.96 Å². The molecular weight excluding hydrogens is 300 g/mol. The Labute approximate surface area is 148 Å². The molecular formula is C19H36N4O. The molecule has 5 heteroatoms. The number of nitrogens with one attached hydrogen (secondary N) is 1. The number of ether oxygens (including phenoxy) is 1. The van der Waals surface area contributed by atoms with Gasteiger partial charge in [0.25, 0.3) is 0 Å². The van der Waals surface area contributed by atoms with Crippen LogP contribution in [-0.2, 0) is 4.74 Å². The van der Waals surface area contributed by atoms with Crippen LogP contribution in [0.25, 0.3) is 0 Å². The van der Waals surface area contributed by atoms with E-state index < -0.39 is 0 Å². The second-order valence-electron chi connectivity index (χ2n) is 6.83. The van der Waals surface area contributed by atoms with Crippen molar-refractivity contribution in [3.8, 4) is 0 Å². The molecule has 0 aromatic carbocycles. The van der Waals surface area contributed by atoms with Gasteiger partial charge >= 0.3 is 0 Å². The quantitative estimate of drug-likeness (QED) is 0.377. The minimum absolute atomic E-state index is 0.412. The topological polar surface area (TPSA) is 40.1 Å². The maximum Gasteiger partial charge on any atom is 0.193 e. The molecule has 138 valence electrons. The van der Waals surface area contributed by atoms with Crippen molar-refractivity contribution in [2.24, 2.45) is 16.8 Å². The van der Waals surface area contributed by atoms with Gasteiger partial charge in [-0.25, -0.2) is 0 Å². The summed E-state index contributed by atoms with van der Waals surface area (Å²) in [4.78, 5) is 9.22. The Kier molecular flexibility index (Phi) is 9.72. The van der Waals surface area contributed by atoms with Crippen LogP contribution < -0.4 is 5.32 Å². The van der Waals surface area contributed by atoms with Crippen LogP contribution in [0.3, 0.4) is 0 Å². The zero-order valence-electron chi connectivity index (χ0n) is 16.0. The van der Waals surface area contributed by atoms with Crippen LogP contribution in [0.5, 0.6) is 0 Å². The largest absolute Gasteiger partial charge is 0.384 e. The zero-order chi connectivity index (χ0) is 17.9. The summed E-state index contributed by atoms with van der Waals surface area (Å²) in [5, 5.41) is 3.58. The SMILES string of the molecule is C=CCN(CC=C)C(CNC(=NC)N1CCC(COC)C1)C(C)C. The predicted octanol–water partition coefficient (Wildman–Crippen LogP) is 2.23. The van der Waals surface area contributed by atoms with Gasteiger partial charge in [-0.3, -0.25) is 9.89 Å². The van der Waals surface area contributed by atoms with Gasteiger partial charge in [-0.2, -0.15) is 0 Å². The average Bonchev–Trinajstić information content (AvgIpc) is 3.00. The molecule has 0 saturated carbocycles. The molecule has 0 aromatic rings. The van der Waals surface area contributed by atoms with Crippen molar-refractivity contribution in [2.75, 3.05) is 53.5 Å². The van der Waals surface area contributed by atoms with E-state index in [2.05, 4.69) is 47.1 Å². The van der Waals surface area contributed by atoms with E-state index in [1.165, 1.54) is 6.42 Å². The fourth-order valence-corrected chi connectivity index (χ4v) is 3.39. The lowest BCUT2D eigenvalue weighted by atomic mass is 10.0. The summed E-state index contributed by atoms with van der Waals surface area (Å²) in [7, 11) is 3.64. The van der Waals surface area contributed by atoms with E-state index in [1.54, 1.807) is 7.11 Å². The highest BCUT2D eigenvalue weighted by Gasteiger charge is 2.26. The van der Waals surface area contributed by atoms with Gasteiger partial charge in [0, 0.05) is 58.8 Å². The Bertz CT molecular complexity index is 398. The molecule has 5 nitrogen and oxygen atoms in total. The zero-order valence-corrected chi connectivity index (χ0v) is 16.0. The normalized spacial score (nSPS) is 19.8.